The molecule has 3 N–H and O–H groups in total. The monoisotopic (exact) mass is 444 g/mol. The molecule has 0 aliphatic carbocycles. The Hall–Kier alpha value is -3.89. The van der Waals surface area contributed by atoms with Crippen molar-refractivity contribution in [3.63, 3.8) is 0 Å². The van der Waals surface area contributed by atoms with Crippen LogP contribution in [0.3, 0.4) is 0 Å². The molecule has 33 heavy (non-hydrogen) atoms. The minimum absolute atomic E-state index is 0.0212. The molecule has 1 saturated heterocycles. The van der Waals surface area contributed by atoms with Gasteiger partial charge in [-0.1, -0.05) is 12.1 Å². The molecule has 4 aromatic heterocycles. The summed E-state index contributed by atoms with van der Waals surface area (Å²) >= 11 is 0. The van der Waals surface area contributed by atoms with E-state index in [1.807, 2.05) is 35.1 Å². The molecule has 10 nitrogen and oxygen atoms in total. The van der Waals surface area contributed by atoms with E-state index in [1.165, 1.54) is 0 Å². The zero-order chi connectivity index (χ0) is 22.6. The molecule has 1 fully saturated rings. The summed E-state index contributed by atoms with van der Waals surface area (Å²) in [6, 6.07) is 10.9. The topological polar surface area (TPSA) is 123 Å². The minimum Gasteiger partial charge on any atom is -0.373 e. The molecule has 1 aliphatic rings. The number of anilines is 1. The van der Waals surface area contributed by atoms with Crippen LogP contribution in [-0.4, -0.2) is 61.7 Å². The zero-order valence-corrected chi connectivity index (χ0v) is 18.1. The number of aromatic amines is 1. The summed E-state index contributed by atoms with van der Waals surface area (Å²) in [5, 5.41) is 17.8. The average molecular weight is 444 g/mol. The second-order valence-electron chi connectivity index (χ2n) is 7.79. The normalized spacial score (nSPS) is 16.9. The number of nitrogens with zero attached hydrogens (tertiary/aromatic N) is 5. The van der Waals surface area contributed by atoms with Gasteiger partial charge in [-0.15, -0.1) is 0 Å². The van der Waals surface area contributed by atoms with Gasteiger partial charge in [0.25, 0.3) is 5.91 Å². The molecule has 0 aromatic carbocycles. The molecule has 5 rings (SSSR count). The predicted molar refractivity (Wildman–Crippen MR) is 123 cm³/mol. The molecule has 1 amide bonds. The predicted octanol–water partition coefficient (Wildman–Crippen LogP) is 2.53. The molecule has 0 bridgehead atoms. The fraction of sp³-hybridized carbons (Fsp3) is 0.261. The van der Waals surface area contributed by atoms with E-state index in [0.29, 0.717) is 35.1 Å². The minimum atomic E-state index is -0.333. The molecule has 1 aliphatic heterocycles. The molecule has 168 valence electrons. The Labute approximate surface area is 190 Å². The second-order valence-corrected chi connectivity index (χ2v) is 7.79. The molecule has 10 heteroatoms. The summed E-state index contributed by atoms with van der Waals surface area (Å²) in [4.78, 5) is 22.0. The van der Waals surface area contributed by atoms with E-state index >= 15 is 0 Å². The molecule has 4 aromatic rings. The van der Waals surface area contributed by atoms with Gasteiger partial charge in [0.05, 0.1) is 42.0 Å². The van der Waals surface area contributed by atoms with Crippen LogP contribution in [0.1, 0.15) is 23.5 Å². The number of ether oxygens (including phenoxy) is 1. The summed E-state index contributed by atoms with van der Waals surface area (Å²) in [5.74, 6) is -0.333. The number of nitrogens with one attached hydrogen (secondary N) is 3. The van der Waals surface area contributed by atoms with Crippen LogP contribution < -0.4 is 10.6 Å². The zero-order valence-electron chi connectivity index (χ0n) is 18.1. The molecular formula is C23H24N8O2. The van der Waals surface area contributed by atoms with E-state index < -0.39 is 0 Å². The molecule has 2 unspecified atom stereocenters. The number of carbonyl (C=O) groups excluding carboxylic acids is 1. The van der Waals surface area contributed by atoms with Crippen molar-refractivity contribution in [3.05, 3.63) is 66.9 Å². The lowest BCUT2D eigenvalue weighted by atomic mass is 10.1. The average Bonchev–Trinajstić information content (AvgIpc) is 3.56. The SMILES string of the molecule is CC(C1CNCCO1)n1cc(NC(=O)c2cccc(-c3cn[nH]c3)n2)c(-c2ccccn2)n1. The van der Waals surface area contributed by atoms with Crippen LogP contribution in [0.5, 0.6) is 0 Å². The van der Waals surface area contributed by atoms with Gasteiger partial charge in [0.1, 0.15) is 11.4 Å². The molecule has 0 saturated carbocycles. The lowest BCUT2D eigenvalue weighted by Crippen LogP contribution is -2.42. The summed E-state index contributed by atoms with van der Waals surface area (Å²) in [5.41, 5.74) is 3.58. The van der Waals surface area contributed by atoms with Gasteiger partial charge in [0.2, 0.25) is 0 Å². The van der Waals surface area contributed by atoms with E-state index in [4.69, 9.17) is 9.84 Å². The summed E-state index contributed by atoms with van der Waals surface area (Å²) < 4.78 is 7.73. The van der Waals surface area contributed by atoms with Gasteiger partial charge < -0.3 is 15.4 Å². The highest BCUT2D eigenvalue weighted by atomic mass is 16.5. The highest BCUT2D eigenvalue weighted by Crippen LogP contribution is 2.28. The van der Waals surface area contributed by atoms with Crippen LogP contribution >= 0.6 is 0 Å². The van der Waals surface area contributed by atoms with Crippen molar-refractivity contribution in [2.75, 3.05) is 25.0 Å². The molecular weight excluding hydrogens is 420 g/mol. The fourth-order valence-electron chi connectivity index (χ4n) is 3.75. The van der Waals surface area contributed by atoms with Gasteiger partial charge in [-0.25, -0.2) is 4.98 Å². The third-order valence-corrected chi connectivity index (χ3v) is 5.58. The van der Waals surface area contributed by atoms with Gasteiger partial charge in [0, 0.05) is 37.2 Å². The number of morpholine rings is 1. The Balaban J connectivity index is 1.45. The van der Waals surface area contributed by atoms with Crippen LogP contribution in [0.4, 0.5) is 5.69 Å². The first-order valence-corrected chi connectivity index (χ1v) is 10.8. The van der Waals surface area contributed by atoms with Crippen molar-refractivity contribution in [2.45, 2.75) is 19.1 Å². The number of amides is 1. The van der Waals surface area contributed by atoms with Crippen molar-refractivity contribution >= 4 is 11.6 Å². The van der Waals surface area contributed by atoms with Gasteiger partial charge in [0.15, 0.2) is 0 Å². The highest BCUT2D eigenvalue weighted by Gasteiger charge is 2.25. The Morgan fingerprint density at radius 2 is 2.15 bits per heavy atom. The molecule has 0 radical (unpaired) electrons. The van der Waals surface area contributed by atoms with Gasteiger partial charge in [-0.05, 0) is 31.2 Å². The van der Waals surface area contributed by atoms with Gasteiger partial charge in [-0.2, -0.15) is 10.2 Å². The lowest BCUT2D eigenvalue weighted by molar-refractivity contribution is -0.00313. The van der Waals surface area contributed by atoms with E-state index in [2.05, 4.69) is 37.7 Å². The number of pyridine rings is 2. The first kappa shape index (κ1) is 21.0. The highest BCUT2D eigenvalue weighted by molar-refractivity contribution is 6.04. The Morgan fingerprint density at radius 3 is 2.91 bits per heavy atom. The summed E-state index contributed by atoms with van der Waals surface area (Å²) in [6.45, 7) is 4.29. The van der Waals surface area contributed by atoms with E-state index in [-0.39, 0.29) is 18.1 Å². The first-order chi connectivity index (χ1) is 16.2. The number of rotatable bonds is 6. The van der Waals surface area contributed by atoms with E-state index in [0.717, 1.165) is 18.7 Å². The van der Waals surface area contributed by atoms with Crippen LogP contribution in [-0.2, 0) is 4.74 Å². The van der Waals surface area contributed by atoms with Crippen LogP contribution in [0.2, 0.25) is 0 Å². The Morgan fingerprint density at radius 1 is 1.24 bits per heavy atom. The van der Waals surface area contributed by atoms with Crippen molar-refractivity contribution in [1.29, 1.82) is 0 Å². The molecule has 5 heterocycles. The maximum atomic E-state index is 13.1. The van der Waals surface area contributed by atoms with Gasteiger partial charge >= 0.3 is 0 Å². The number of carbonyl (C=O) groups is 1. The maximum Gasteiger partial charge on any atom is 0.274 e. The van der Waals surface area contributed by atoms with E-state index in [9.17, 15) is 4.79 Å². The van der Waals surface area contributed by atoms with Crippen molar-refractivity contribution in [2.24, 2.45) is 0 Å². The number of H-pyrrole nitrogens is 1. The number of hydrogen-bond acceptors (Lipinski definition) is 7. The Bertz CT molecular complexity index is 1220. The lowest BCUT2D eigenvalue weighted by Gasteiger charge is -2.28. The summed E-state index contributed by atoms with van der Waals surface area (Å²) in [7, 11) is 0. The molecule has 2 atom stereocenters. The second kappa shape index (κ2) is 9.31. The van der Waals surface area contributed by atoms with Crippen molar-refractivity contribution in [3.8, 4) is 22.6 Å². The van der Waals surface area contributed by atoms with Crippen LogP contribution in [0.25, 0.3) is 22.6 Å². The smallest absolute Gasteiger partial charge is 0.274 e. The fourth-order valence-corrected chi connectivity index (χ4v) is 3.75. The van der Waals surface area contributed by atoms with Crippen molar-refractivity contribution in [1.82, 2.24) is 35.3 Å². The van der Waals surface area contributed by atoms with Crippen LogP contribution in [0, 0.1) is 0 Å². The van der Waals surface area contributed by atoms with Gasteiger partial charge in [-0.3, -0.25) is 19.6 Å². The standard InChI is InChI=1S/C23H24N8O2/c1-15(21-13-24-9-10-33-21)31-14-20(22(30-31)18-5-2-3-8-25-18)29-23(32)19-7-4-6-17(28-19)16-11-26-27-12-16/h2-8,11-12,14-15,21,24H,9-10,13H2,1H3,(H,26,27)(H,29,32). The number of hydrogen-bond donors (Lipinski definition) is 3. The van der Waals surface area contributed by atoms with E-state index in [1.54, 1.807) is 30.7 Å². The largest absolute Gasteiger partial charge is 0.373 e. The third-order valence-electron chi connectivity index (χ3n) is 5.58. The Kier molecular flexibility index (Phi) is 5.92. The first-order valence-electron chi connectivity index (χ1n) is 10.8. The summed E-state index contributed by atoms with van der Waals surface area (Å²) in [6.07, 6.45) is 6.90. The van der Waals surface area contributed by atoms with Crippen LogP contribution in [0.15, 0.2) is 61.2 Å². The third kappa shape index (κ3) is 4.52. The number of aromatic nitrogens is 6. The maximum absolute atomic E-state index is 13.1. The van der Waals surface area contributed by atoms with Crippen molar-refractivity contribution < 1.29 is 9.53 Å². The molecule has 0 spiro atoms. The quantitative estimate of drug-likeness (QED) is 0.418.